The number of nitrogens with one attached hydrogen (secondary N) is 1. The summed E-state index contributed by atoms with van der Waals surface area (Å²) in [4.78, 5) is 14.8. The molecule has 3 nitrogen and oxygen atoms in total. The summed E-state index contributed by atoms with van der Waals surface area (Å²) >= 11 is 0. The first-order valence-corrected chi connectivity index (χ1v) is 8.97. The summed E-state index contributed by atoms with van der Waals surface area (Å²) in [6, 6.07) is 6.99. The lowest BCUT2D eigenvalue weighted by molar-refractivity contribution is -0.134. The van der Waals surface area contributed by atoms with Crippen molar-refractivity contribution in [3.63, 3.8) is 0 Å². The molecule has 1 aliphatic carbocycles. The van der Waals surface area contributed by atoms with Gasteiger partial charge in [0.25, 0.3) is 0 Å². The highest BCUT2D eigenvalue weighted by Crippen LogP contribution is 2.27. The zero-order valence-electron chi connectivity index (χ0n) is 14.2. The van der Waals surface area contributed by atoms with E-state index in [9.17, 15) is 9.18 Å². The number of halogens is 2. The van der Waals surface area contributed by atoms with Crippen LogP contribution in [0, 0.1) is 11.7 Å². The number of hydrogen-bond donors (Lipinski definition) is 1. The Morgan fingerprint density at radius 2 is 2.04 bits per heavy atom. The summed E-state index contributed by atoms with van der Waals surface area (Å²) in [6.45, 7) is 2.67. The highest BCUT2D eigenvalue weighted by molar-refractivity contribution is 5.85. The SMILES string of the molecule is Cl.O=C(CCC1CCNC1)N(Cc1cccc(F)c1)C1CCCC1. The molecule has 1 aromatic carbocycles. The molecule has 3 rings (SSSR count). The van der Waals surface area contributed by atoms with Crippen molar-refractivity contribution in [3.8, 4) is 0 Å². The van der Waals surface area contributed by atoms with Gasteiger partial charge in [0.2, 0.25) is 5.91 Å². The van der Waals surface area contributed by atoms with Crippen LogP contribution in [0.15, 0.2) is 24.3 Å². The van der Waals surface area contributed by atoms with Gasteiger partial charge in [-0.3, -0.25) is 4.79 Å². The molecule has 1 N–H and O–H groups in total. The average molecular weight is 355 g/mol. The van der Waals surface area contributed by atoms with Gasteiger partial charge >= 0.3 is 0 Å². The molecule has 1 unspecified atom stereocenters. The van der Waals surface area contributed by atoms with Gasteiger partial charge in [0.15, 0.2) is 0 Å². The fourth-order valence-corrected chi connectivity index (χ4v) is 3.90. The molecule has 1 atom stereocenters. The standard InChI is InChI=1S/C19H27FN2O.ClH/c20-17-5-3-4-16(12-17)14-22(18-6-1-2-7-18)19(23)9-8-15-10-11-21-13-15;/h3-5,12,15,18,21H,1-2,6-11,13-14H2;1H. The molecular weight excluding hydrogens is 327 g/mol. The van der Waals surface area contributed by atoms with Crippen LogP contribution in [-0.4, -0.2) is 29.9 Å². The quantitative estimate of drug-likeness (QED) is 0.840. The molecule has 1 aliphatic heterocycles. The molecule has 5 heteroatoms. The van der Waals surface area contributed by atoms with E-state index >= 15 is 0 Å². The van der Waals surface area contributed by atoms with Crippen molar-refractivity contribution in [2.45, 2.75) is 57.5 Å². The molecule has 0 spiro atoms. The zero-order chi connectivity index (χ0) is 16.1. The summed E-state index contributed by atoms with van der Waals surface area (Å²) in [5.41, 5.74) is 0.896. The predicted molar refractivity (Wildman–Crippen MR) is 96.7 cm³/mol. The largest absolute Gasteiger partial charge is 0.335 e. The van der Waals surface area contributed by atoms with Crippen LogP contribution in [0.2, 0.25) is 0 Å². The lowest BCUT2D eigenvalue weighted by atomic mass is 10.0. The number of carbonyl (C=O) groups excluding carboxylic acids is 1. The fourth-order valence-electron chi connectivity index (χ4n) is 3.90. The van der Waals surface area contributed by atoms with Gasteiger partial charge < -0.3 is 10.2 Å². The molecule has 1 saturated carbocycles. The first-order chi connectivity index (χ1) is 11.2. The Balaban J connectivity index is 0.00000208. The van der Waals surface area contributed by atoms with Crippen LogP contribution in [0.1, 0.15) is 50.5 Å². The van der Waals surface area contributed by atoms with E-state index in [0.717, 1.165) is 37.9 Å². The number of benzene rings is 1. The Morgan fingerprint density at radius 3 is 2.71 bits per heavy atom. The van der Waals surface area contributed by atoms with Gasteiger partial charge in [-0.05, 0) is 62.4 Å². The molecule has 2 aliphatic rings. The summed E-state index contributed by atoms with van der Waals surface area (Å²) in [6.07, 6.45) is 7.35. The van der Waals surface area contributed by atoms with E-state index in [1.165, 1.54) is 25.3 Å². The molecule has 1 aromatic rings. The lowest BCUT2D eigenvalue weighted by Crippen LogP contribution is -2.38. The van der Waals surface area contributed by atoms with Crippen molar-refractivity contribution in [2.24, 2.45) is 5.92 Å². The third-order valence-corrected chi connectivity index (χ3v) is 5.26. The molecule has 2 fully saturated rings. The molecule has 1 saturated heterocycles. The zero-order valence-corrected chi connectivity index (χ0v) is 15.0. The maximum absolute atomic E-state index is 13.4. The lowest BCUT2D eigenvalue weighted by Gasteiger charge is -2.29. The van der Waals surface area contributed by atoms with Crippen LogP contribution >= 0.6 is 12.4 Å². The molecule has 0 radical (unpaired) electrons. The van der Waals surface area contributed by atoms with Gasteiger partial charge in [0, 0.05) is 19.0 Å². The molecule has 1 amide bonds. The van der Waals surface area contributed by atoms with E-state index in [2.05, 4.69) is 5.32 Å². The summed E-state index contributed by atoms with van der Waals surface area (Å²) in [5.74, 6) is 0.657. The second kappa shape index (κ2) is 9.38. The van der Waals surface area contributed by atoms with Crippen LogP contribution in [0.5, 0.6) is 0 Å². The van der Waals surface area contributed by atoms with E-state index in [1.54, 1.807) is 12.1 Å². The second-order valence-electron chi connectivity index (χ2n) is 6.99. The maximum atomic E-state index is 13.4. The van der Waals surface area contributed by atoms with Crippen LogP contribution in [-0.2, 0) is 11.3 Å². The maximum Gasteiger partial charge on any atom is 0.223 e. The van der Waals surface area contributed by atoms with Gasteiger partial charge in [-0.25, -0.2) is 4.39 Å². The van der Waals surface area contributed by atoms with Gasteiger partial charge in [0.05, 0.1) is 0 Å². The summed E-state index contributed by atoms with van der Waals surface area (Å²) in [7, 11) is 0. The topological polar surface area (TPSA) is 32.3 Å². The van der Waals surface area contributed by atoms with Gasteiger partial charge in [-0.2, -0.15) is 0 Å². The Morgan fingerprint density at radius 1 is 1.25 bits per heavy atom. The predicted octanol–water partition coefficient (Wildman–Crippen LogP) is 3.91. The third-order valence-electron chi connectivity index (χ3n) is 5.26. The van der Waals surface area contributed by atoms with E-state index in [1.807, 2.05) is 11.0 Å². The van der Waals surface area contributed by atoms with Crippen LogP contribution < -0.4 is 5.32 Å². The summed E-state index contributed by atoms with van der Waals surface area (Å²) < 4.78 is 13.4. The number of amides is 1. The number of rotatable bonds is 6. The highest BCUT2D eigenvalue weighted by Gasteiger charge is 2.27. The van der Waals surface area contributed by atoms with E-state index in [0.29, 0.717) is 24.9 Å². The first-order valence-electron chi connectivity index (χ1n) is 8.97. The van der Waals surface area contributed by atoms with Crippen molar-refractivity contribution in [1.82, 2.24) is 10.2 Å². The molecule has 0 aromatic heterocycles. The van der Waals surface area contributed by atoms with Crippen molar-refractivity contribution >= 4 is 18.3 Å². The Bertz CT molecular complexity index is 528. The Kier molecular flexibility index (Phi) is 7.50. The Labute approximate surface area is 150 Å². The minimum Gasteiger partial charge on any atom is -0.335 e. The minimum absolute atomic E-state index is 0. The number of carbonyl (C=O) groups is 1. The van der Waals surface area contributed by atoms with Crippen molar-refractivity contribution < 1.29 is 9.18 Å². The van der Waals surface area contributed by atoms with Crippen LogP contribution in [0.4, 0.5) is 4.39 Å². The normalized spacial score (nSPS) is 20.8. The van der Waals surface area contributed by atoms with E-state index in [4.69, 9.17) is 0 Å². The molecule has 0 bridgehead atoms. The van der Waals surface area contributed by atoms with Gasteiger partial charge in [-0.15, -0.1) is 12.4 Å². The minimum atomic E-state index is -0.224. The smallest absolute Gasteiger partial charge is 0.223 e. The van der Waals surface area contributed by atoms with E-state index in [-0.39, 0.29) is 24.1 Å². The van der Waals surface area contributed by atoms with Gasteiger partial charge in [0.1, 0.15) is 5.82 Å². The highest BCUT2D eigenvalue weighted by atomic mass is 35.5. The molecule has 24 heavy (non-hydrogen) atoms. The molecule has 1 heterocycles. The first kappa shape index (κ1) is 19.2. The number of hydrogen-bond acceptors (Lipinski definition) is 2. The van der Waals surface area contributed by atoms with Crippen LogP contribution in [0.25, 0.3) is 0 Å². The monoisotopic (exact) mass is 354 g/mol. The van der Waals surface area contributed by atoms with E-state index < -0.39 is 0 Å². The van der Waals surface area contributed by atoms with Crippen LogP contribution in [0.3, 0.4) is 0 Å². The average Bonchev–Trinajstić information content (AvgIpc) is 3.23. The van der Waals surface area contributed by atoms with Crippen molar-refractivity contribution in [2.75, 3.05) is 13.1 Å². The second-order valence-corrected chi connectivity index (χ2v) is 6.99. The Hall–Kier alpha value is -1.13. The van der Waals surface area contributed by atoms with Gasteiger partial charge in [-0.1, -0.05) is 25.0 Å². The van der Waals surface area contributed by atoms with Crippen molar-refractivity contribution in [3.05, 3.63) is 35.6 Å². The third kappa shape index (κ3) is 5.18. The molecule has 134 valence electrons. The fraction of sp³-hybridized carbons (Fsp3) is 0.632. The number of nitrogens with zero attached hydrogens (tertiary/aromatic N) is 1. The molecular formula is C19H28ClFN2O. The van der Waals surface area contributed by atoms with Crippen molar-refractivity contribution in [1.29, 1.82) is 0 Å². The summed E-state index contributed by atoms with van der Waals surface area (Å²) in [5, 5.41) is 3.36.